The lowest BCUT2D eigenvalue weighted by Gasteiger charge is -2.44. The molecule has 0 bridgehead atoms. The minimum Gasteiger partial charge on any atom is -0.459 e. The van der Waals surface area contributed by atoms with E-state index in [2.05, 4.69) is 5.32 Å². The third kappa shape index (κ3) is 12.0. The van der Waals surface area contributed by atoms with Gasteiger partial charge in [-0.25, -0.2) is 19.2 Å². The standard InChI is InChI=1S/C43H42ClNO12/c1-25-5-13-29(14-6-25)39(48)52-23-33-36(55-40(49)30-15-7-26(2)8-16-30)37(56-41(50)31-17-9-27(3)10-18-31)38(57-42(51)32-19-11-28(4)12-20-32)43(54-33)53-24-35(47)45-22-21-34(44)46/h5-20,33,36-38,43H,21-24H2,1-4H3,(H,45,47)/t33-,36-,37+,38-,43-/m1/s1. The van der Waals surface area contributed by atoms with E-state index in [4.69, 9.17) is 40.0 Å². The van der Waals surface area contributed by atoms with Crippen LogP contribution >= 0.6 is 11.6 Å². The topological polar surface area (TPSA) is 170 Å². The first kappa shape index (κ1) is 42.3. The van der Waals surface area contributed by atoms with Gasteiger partial charge in [-0.1, -0.05) is 70.8 Å². The van der Waals surface area contributed by atoms with E-state index in [1.54, 1.807) is 60.7 Å². The molecule has 0 radical (unpaired) electrons. The van der Waals surface area contributed by atoms with E-state index in [0.717, 1.165) is 22.3 Å². The second kappa shape index (κ2) is 19.8. The maximum Gasteiger partial charge on any atom is 0.338 e. The van der Waals surface area contributed by atoms with Crippen molar-refractivity contribution < 1.29 is 57.2 Å². The van der Waals surface area contributed by atoms with Gasteiger partial charge in [0, 0.05) is 13.0 Å². The van der Waals surface area contributed by atoms with Crippen molar-refractivity contribution in [3.63, 3.8) is 0 Å². The van der Waals surface area contributed by atoms with Crippen LogP contribution in [0.4, 0.5) is 0 Å². The van der Waals surface area contributed by atoms with Gasteiger partial charge in [0.1, 0.15) is 19.3 Å². The molecule has 1 fully saturated rings. The Morgan fingerprint density at radius 1 is 0.561 bits per heavy atom. The molecule has 4 aromatic carbocycles. The van der Waals surface area contributed by atoms with Crippen LogP contribution in [0.15, 0.2) is 97.1 Å². The molecule has 0 unspecified atom stereocenters. The summed E-state index contributed by atoms with van der Waals surface area (Å²) in [5.74, 6) is -4.05. The van der Waals surface area contributed by atoms with Crippen LogP contribution in [0.2, 0.25) is 0 Å². The fourth-order valence-electron chi connectivity index (χ4n) is 5.63. The van der Waals surface area contributed by atoms with Gasteiger partial charge in [-0.2, -0.15) is 0 Å². The Balaban J connectivity index is 1.55. The van der Waals surface area contributed by atoms with Gasteiger partial charge < -0.3 is 33.7 Å². The van der Waals surface area contributed by atoms with E-state index in [9.17, 15) is 28.8 Å². The van der Waals surface area contributed by atoms with Gasteiger partial charge >= 0.3 is 23.9 Å². The Bertz CT molecular complexity index is 2050. The number of hydrogen-bond acceptors (Lipinski definition) is 12. The minimum absolute atomic E-state index is 0.0900. The van der Waals surface area contributed by atoms with Crippen molar-refractivity contribution in [1.29, 1.82) is 0 Å². The Labute approximate surface area is 334 Å². The fourth-order valence-corrected chi connectivity index (χ4v) is 5.73. The van der Waals surface area contributed by atoms with Crippen LogP contribution in [0.5, 0.6) is 0 Å². The van der Waals surface area contributed by atoms with Gasteiger partial charge in [-0.15, -0.1) is 0 Å². The molecule has 4 aromatic rings. The lowest BCUT2D eigenvalue weighted by Crippen LogP contribution is -2.63. The number of rotatable bonds is 15. The van der Waals surface area contributed by atoms with Gasteiger partial charge in [-0.05, 0) is 87.8 Å². The molecular weight excluding hydrogens is 758 g/mol. The first-order valence-electron chi connectivity index (χ1n) is 18.1. The number of ether oxygens (including phenoxy) is 6. The van der Waals surface area contributed by atoms with E-state index in [0.29, 0.717) is 0 Å². The number of esters is 4. The number of carbonyl (C=O) groups is 6. The lowest BCUT2D eigenvalue weighted by molar-refractivity contribution is -0.296. The smallest absolute Gasteiger partial charge is 0.338 e. The number of aryl methyl sites for hydroxylation is 4. The molecule has 14 heteroatoms. The predicted molar refractivity (Wildman–Crippen MR) is 206 cm³/mol. The summed E-state index contributed by atoms with van der Waals surface area (Å²) in [5, 5.41) is 1.82. The zero-order valence-electron chi connectivity index (χ0n) is 31.7. The molecular formula is C43H42ClNO12. The fraction of sp³-hybridized carbons (Fsp3) is 0.302. The highest BCUT2D eigenvalue weighted by molar-refractivity contribution is 6.63. The molecule has 0 saturated carbocycles. The maximum atomic E-state index is 13.9. The quantitative estimate of drug-likeness (QED) is 0.0877. The van der Waals surface area contributed by atoms with Crippen LogP contribution < -0.4 is 5.32 Å². The van der Waals surface area contributed by atoms with Gasteiger partial charge in [0.15, 0.2) is 24.6 Å². The Morgan fingerprint density at radius 3 is 1.37 bits per heavy atom. The van der Waals surface area contributed by atoms with Crippen molar-refractivity contribution in [2.24, 2.45) is 0 Å². The third-order valence-electron chi connectivity index (χ3n) is 8.87. The number of nitrogens with one attached hydrogen (secondary N) is 1. The van der Waals surface area contributed by atoms with Crippen molar-refractivity contribution in [3.05, 3.63) is 142 Å². The van der Waals surface area contributed by atoms with Gasteiger partial charge in [-0.3, -0.25) is 9.59 Å². The molecule has 13 nitrogen and oxygen atoms in total. The monoisotopic (exact) mass is 799 g/mol. The molecule has 1 heterocycles. The summed E-state index contributed by atoms with van der Waals surface area (Å²) in [6.45, 7) is 6.02. The summed E-state index contributed by atoms with van der Waals surface area (Å²) in [4.78, 5) is 78.6. The Morgan fingerprint density at radius 2 is 0.947 bits per heavy atom. The number of halogens is 1. The van der Waals surface area contributed by atoms with E-state index in [1.165, 1.54) is 36.4 Å². The molecule has 298 valence electrons. The molecule has 1 saturated heterocycles. The molecule has 0 aliphatic carbocycles. The van der Waals surface area contributed by atoms with E-state index < -0.39 is 78.9 Å². The maximum absolute atomic E-state index is 13.9. The van der Waals surface area contributed by atoms with Crippen LogP contribution in [0.1, 0.15) is 70.1 Å². The van der Waals surface area contributed by atoms with E-state index in [-0.39, 0.29) is 35.2 Å². The molecule has 5 atom stereocenters. The summed E-state index contributed by atoms with van der Waals surface area (Å²) in [5.41, 5.74) is 4.11. The summed E-state index contributed by atoms with van der Waals surface area (Å²) in [6.07, 6.45) is -8.16. The first-order valence-corrected chi connectivity index (χ1v) is 18.4. The minimum atomic E-state index is -1.68. The highest BCUT2D eigenvalue weighted by Crippen LogP contribution is 2.32. The average Bonchev–Trinajstić information content (AvgIpc) is 3.18. The van der Waals surface area contributed by atoms with Gasteiger partial charge in [0.05, 0.1) is 22.3 Å². The summed E-state index contributed by atoms with van der Waals surface area (Å²) < 4.78 is 35.9. The van der Waals surface area contributed by atoms with Crippen molar-refractivity contribution in [1.82, 2.24) is 5.32 Å². The van der Waals surface area contributed by atoms with Crippen molar-refractivity contribution >= 4 is 46.6 Å². The number of hydrogen-bond donors (Lipinski definition) is 1. The normalized spacial score (nSPS) is 18.8. The highest BCUT2D eigenvalue weighted by Gasteiger charge is 2.54. The van der Waals surface area contributed by atoms with Crippen LogP contribution in [-0.4, -0.2) is 85.5 Å². The molecule has 57 heavy (non-hydrogen) atoms. The lowest BCUT2D eigenvalue weighted by atomic mass is 9.97. The SMILES string of the molecule is Cc1ccc(C(=O)OC[C@H]2O[C@@H](OCC(=O)NCCC(=O)Cl)[C@H](OC(=O)c3ccc(C)cc3)[C@@H](OC(=O)c3ccc(C)cc3)[C@@H]2OC(=O)c2ccc(C)cc2)cc1. The number of benzene rings is 4. The second-order valence-electron chi connectivity index (χ2n) is 13.5. The van der Waals surface area contributed by atoms with Crippen molar-refractivity contribution in [2.45, 2.75) is 64.8 Å². The molecule has 1 aliphatic rings. The summed E-state index contributed by atoms with van der Waals surface area (Å²) in [7, 11) is 0. The molecule has 0 spiro atoms. The predicted octanol–water partition coefficient (Wildman–Crippen LogP) is 5.77. The molecule has 5 rings (SSSR count). The second-order valence-corrected chi connectivity index (χ2v) is 13.9. The van der Waals surface area contributed by atoms with Crippen LogP contribution in [0.3, 0.4) is 0 Å². The van der Waals surface area contributed by atoms with Crippen LogP contribution in [0, 0.1) is 27.7 Å². The molecule has 1 N–H and O–H groups in total. The molecule has 1 amide bonds. The van der Waals surface area contributed by atoms with Crippen molar-refractivity contribution in [2.75, 3.05) is 19.8 Å². The summed E-state index contributed by atoms with van der Waals surface area (Å²) >= 11 is 5.40. The van der Waals surface area contributed by atoms with Crippen LogP contribution in [0.25, 0.3) is 0 Å². The average molecular weight is 800 g/mol. The Hall–Kier alpha value is -5.89. The zero-order chi connectivity index (χ0) is 41.1. The van der Waals surface area contributed by atoms with Crippen LogP contribution in [-0.2, 0) is 38.0 Å². The van der Waals surface area contributed by atoms with Gasteiger partial charge in [0.2, 0.25) is 11.1 Å². The van der Waals surface area contributed by atoms with Crippen molar-refractivity contribution in [3.8, 4) is 0 Å². The number of amides is 1. The van der Waals surface area contributed by atoms with E-state index in [1.807, 2.05) is 27.7 Å². The number of carbonyl (C=O) groups excluding carboxylic acids is 6. The summed E-state index contributed by atoms with van der Waals surface area (Å²) in [6, 6.07) is 26.0. The molecule has 1 aliphatic heterocycles. The molecule has 0 aromatic heterocycles. The largest absolute Gasteiger partial charge is 0.459 e. The zero-order valence-corrected chi connectivity index (χ0v) is 32.5. The third-order valence-corrected chi connectivity index (χ3v) is 9.06. The Kier molecular flexibility index (Phi) is 14.7. The van der Waals surface area contributed by atoms with E-state index >= 15 is 0 Å². The highest BCUT2D eigenvalue weighted by atomic mass is 35.5. The first-order chi connectivity index (χ1) is 27.3. The van der Waals surface area contributed by atoms with Gasteiger partial charge in [0.25, 0.3) is 0 Å².